The molecule has 0 fully saturated rings. The standard InChI is InChI=1S/C13H16F2N2O4.ClH/c1-7(4-16)12(18)17-5-8-2-10-11(20-6-19-10)3-9(8)21-13(14)15;/h2-3,7,13H,4-6,16H2,1H3,(H,17,18);1H. The van der Waals surface area contributed by atoms with Crippen LogP contribution in [-0.2, 0) is 11.3 Å². The van der Waals surface area contributed by atoms with Crippen molar-refractivity contribution >= 4 is 18.3 Å². The molecule has 0 spiro atoms. The van der Waals surface area contributed by atoms with Gasteiger partial charge in [-0.3, -0.25) is 4.79 Å². The van der Waals surface area contributed by atoms with E-state index in [1.165, 1.54) is 12.1 Å². The number of hydrogen-bond donors (Lipinski definition) is 2. The van der Waals surface area contributed by atoms with E-state index in [0.29, 0.717) is 17.1 Å². The van der Waals surface area contributed by atoms with Crippen LogP contribution in [0.1, 0.15) is 12.5 Å². The summed E-state index contributed by atoms with van der Waals surface area (Å²) < 4.78 is 39.6. The Balaban J connectivity index is 0.00000242. The number of ether oxygens (including phenoxy) is 3. The lowest BCUT2D eigenvalue weighted by Crippen LogP contribution is -2.32. The first-order valence-electron chi connectivity index (χ1n) is 6.36. The Hall–Kier alpha value is -1.80. The molecule has 1 heterocycles. The number of carbonyl (C=O) groups excluding carboxylic acids is 1. The molecule has 0 bridgehead atoms. The molecule has 6 nitrogen and oxygen atoms in total. The van der Waals surface area contributed by atoms with E-state index in [-0.39, 0.29) is 49.9 Å². The highest BCUT2D eigenvalue weighted by atomic mass is 35.5. The third-order valence-electron chi connectivity index (χ3n) is 3.03. The summed E-state index contributed by atoms with van der Waals surface area (Å²) in [5, 5.41) is 2.61. The summed E-state index contributed by atoms with van der Waals surface area (Å²) in [7, 11) is 0. The zero-order valence-electron chi connectivity index (χ0n) is 11.8. The average Bonchev–Trinajstić information content (AvgIpc) is 2.89. The van der Waals surface area contributed by atoms with E-state index >= 15 is 0 Å². The molecule has 0 saturated carbocycles. The van der Waals surface area contributed by atoms with Gasteiger partial charge in [0, 0.05) is 30.6 Å². The Morgan fingerprint density at radius 1 is 1.41 bits per heavy atom. The van der Waals surface area contributed by atoms with Gasteiger partial charge in [-0.2, -0.15) is 8.78 Å². The van der Waals surface area contributed by atoms with Crippen LogP contribution in [0.3, 0.4) is 0 Å². The van der Waals surface area contributed by atoms with E-state index in [4.69, 9.17) is 15.2 Å². The summed E-state index contributed by atoms with van der Waals surface area (Å²) in [6, 6.07) is 2.83. The largest absolute Gasteiger partial charge is 0.454 e. The van der Waals surface area contributed by atoms with Gasteiger partial charge in [0.15, 0.2) is 11.5 Å². The van der Waals surface area contributed by atoms with E-state index < -0.39 is 6.61 Å². The monoisotopic (exact) mass is 338 g/mol. The van der Waals surface area contributed by atoms with E-state index in [1.807, 2.05) is 0 Å². The summed E-state index contributed by atoms with van der Waals surface area (Å²) in [4.78, 5) is 11.7. The van der Waals surface area contributed by atoms with Gasteiger partial charge in [0.1, 0.15) is 5.75 Å². The zero-order chi connectivity index (χ0) is 15.4. The molecule has 3 N–H and O–H groups in total. The van der Waals surface area contributed by atoms with Crippen molar-refractivity contribution in [3.8, 4) is 17.2 Å². The van der Waals surface area contributed by atoms with Gasteiger partial charge in [-0.1, -0.05) is 6.92 Å². The highest BCUT2D eigenvalue weighted by Crippen LogP contribution is 2.38. The molecule has 0 saturated heterocycles. The number of rotatable bonds is 6. The Morgan fingerprint density at radius 2 is 2.05 bits per heavy atom. The van der Waals surface area contributed by atoms with Crippen molar-refractivity contribution in [2.24, 2.45) is 11.7 Å². The maximum atomic E-state index is 12.4. The lowest BCUT2D eigenvalue weighted by molar-refractivity contribution is -0.124. The molecule has 1 unspecified atom stereocenters. The van der Waals surface area contributed by atoms with Gasteiger partial charge in [0.2, 0.25) is 12.7 Å². The smallest absolute Gasteiger partial charge is 0.387 e. The highest BCUT2D eigenvalue weighted by molar-refractivity contribution is 5.85. The number of nitrogens with two attached hydrogens (primary N) is 1. The molecule has 0 radical (unpaired) electrons. The Labute approximate surface area is 132 Å². The van der Waals surface area contributed by atoms with Crippen LogP contribution in [0.2, 0.25) is 0 Å². The fraction of sp³-hybridized carbons (Fsp3) is 0.462. The summed E-state index contributed by atoms with van der Waals surface area (Å²) in [5.74, 6) is 0.0652. The van der Waals surface area contributed by atoms with Gasteiger partial charge in [-0.25, -0.2) is 0 Å². The first kappa shape index (κ1) is 18.2. The minimum Gasteiger partial charge on any atom is -0.454 e. The summed E-state index contributed by atoms with van der Waals surface area (Å²) >= 11 is 0. The molecule has 1 aliphatic heterocycles. The Kier molecular flexibility index (Phi) is 6.63. The van der Waals surface area contributed by atoms with Crippen LogP contribution in [0.25, 0.3) is 0 Å². The second-order valence-corrected chi connectivity index (χ2v) is 4.55. The van der Waals surface area contributed by atoms with E-state index in [1.54, 1.807) is 6.92 Å². The first-order valence-corrected chi connectivity index (χ1v) is 6.36. The van der Waals surface area contributed by atoms with Crippen LogP contribution >= 0.6 is 12.4 Å². The number of fused-ring (bicyclic) bond motifs is 1. The van der Waals surface area contributed by atoms with E-state index in [0.717, 1.165) is 0 Å². The van der Waals surface area contributed by atoms with Crippen molar-refractivity contribution in [3.63, 3.8) is 0 Å². The van der Waals surface area contributed by atoms with Gasteiger partial charge in [-0.15, -0.1) is 12.4 Å². The number of hydrogen-bond acceptors (Lipinski definition) is 5. The molecule has 1 aliphatic rings. The predicted molar refractivity (Wildman–Crippen MR) is 76.5 cm³/mol. The molecular formula is C13H17ClF2N2O4. The molecule has 22 heavy (non-hydrogen) atoms. The van der Waals surface area contributed by atoms with Crippen LogP contribution < -0.4 is 25.3 Å². The molecule has 1 aromatic rings. The minimum atomic E-state index is -2.97. The van der Waals surface area contributed by atoms with Gasteiger partial charge >= 0.3 is 6.61 Å². The topological polar surface area (TPSA) is 82.8 Å². The number of carbonyl (C=O) groups is 1. The number of benzene rings is 1. The van der Waals surface area contributed by atoms with Crippen molar-refractivity contribution < 1.29 is 27.8 Å². The molecule has 0 aliphatic carbocycles. The quantitative estimate of drug-likeness (QED) is 0.824. The average molecular weight is 339 g/mol. The van der Waals surface area contributed by atoms with Crippen molar-refractivity contribution in [3.05, 3.63) is 17.7 Å². The zero-order valence-corrected chi connectivity index (χ0v) is 12.6. The van der Waals surface area contributed by atoms with Gasteiger partial charge in [0.25, 0.3) is 0 Å². The van der Waals surface area contributed by atoms with Gasteiger partial charge in [0.05, 0.1) is 0 Å². The van der Waals surface area contributed by atoms with Crippen molar-refractivity contribution in [2.45, 2.75) is 20.1 Å². The maximum Gasteiger partial charge on any atom is 0.387 e. The summed E-state index contributed by atoms with van der Waals surface area (Å²) in [6.07, 6.45) is 0. The highest BCUT2D eigenvalue weighted by Gasteiger charge is 2.20. The summed E-state index contributed by atoms with van der Waals surface area (Å²) in [5.41, 5.74) is 5.76. The summed E-state index contributed by atoms with van der Waals surface area (Å²) in [6.45, 7) is -1.05. The third-order valence-corrected chi connectivity index (χ3v) is 3.03. The molecule has 1 amide bonds. The molecule has 1 atom stereocenters. The third kappa shape index (κ3) is 4.35. The number of halogens is 3. The van der Waals surface area contributed by atoms with Crippen LogP contribution in [0.5, 0.6) is 17.2 Å². The fourth-order valence-corrected chi connectivity index (χ4v) is 1.77. The van der Waals surface area contributed by atoms with E-state index in [2.05, 4.69) is 10.1 Å². The van der Waals surface area contributed by atoms with Gasteiger partial charge in [-0.05, 0) is 6.07 Å². The number of amides is 1. The van der Waals surface area contributed by atoms with Gasteiger partial charge < -0.3 is 25.3 Å². The lowest BCUT2D eigenvalue weighted by Gasteiger charge is -2.14. The first-order chi connectivity index (χ1) is 10.0. The molecule has 2 rings (SSSR count). The van der Waals surface area contributed by atoms with Crippen LogP contribution in [0, 0.1) is 5.92 Å². The number of nitrogens with one attached hydrogen (secondary N) is 1. The van der Waals surface area contributed by atoms with Crippen molar-refractivity contribution in [1.82, 2.24) is 5.32 Å². The Morgan fingerprint density at radius 3 is 2.64 bits per heavy atom. The SMILES string of the molecule is CC(CN)C(=O)NCc1cc2c(cc1OC(F)F)OCO2.Cl. The van der Waals surface area contributed by atoms with Crippen LogP contribution in [0.4, 0.5) is 8.78 Å². The van der Waals surface area contributed by atoms with Crippen LogP contribution in [-0.4, -0.2) is 25.9 Å². The molecule has 0 aromatic heterocycles. The van der Waals surface area contributed by atoms with E-state index in [9.17, 15) is 13.6 Å². The minimum absolute atomic E-state index is 0. The second kappa shape index (κ2) is 8.00. The predicted octanol–water partition coefficient (Wildman–Crippen LogP) is 1.65. The number of alkyl halides is 2. The maximum absolute atomic E-state index is 12.4. The normalized spacial score (nSPS) is 13.5. The van der Waals surface area contributed by atoms with Crippen LogP contribution in [0.15, 0.2) is 12.1 Å². The fourth-order valence-electron chi connectivity index (χ4n) is 1.77. The lowest BCUT2D eigenvalue weighted by atomic mass is 10.1. The molecular weight excluding hydrogens is 322 g/mol. The Bertz CT molecular complexity index is 531. The molecule has 124 valence electrons. The second-order valence-electron chi connectivity index (χ2n) is 4.55. The van der Waals surface area contributed by atoms with Crippen molar-refractivity contribution in [2.75, 3.05) is 13.3 Å². The van der Waals surface area contributed by atoms with Crippen molar-refractivity contribution in [1.29, 1.82) is 0 Å². The molecule has 1 aromatic carbocycles. The molecule has 9 heteroatoms.